The molecule has 0 aliphatic carbocycles. The molecule has 5 heteroatoms. The highest BCUT2D eigenvalue weighted by Gasteiger charge is 2.08. The maximum absolute atomic E-state index is 12.1. The number of rotatable bonds is 3. The van der Waals surface area contributed by atoms with E-state index in [4.69, 9.17) is 4.74 Å². The second-order valence-corrected chi connectivity index (χ2v) is 5.91. The summed E-state index contributed by atoms with van der Waals surface area (Å²) in [6, 6.07) is 12.7. The molecule has 0 atom stereocenters. The Bertz CT molecular complexity index is 599. The zero-order valence-corrected chi connectivity index (χ0v) is 13.9. The minimum atomic E-state index is -0.149. The van der Waals surface area contributed by atoms with E-state index in [-0.39, 0.29) is 5.91 Å². The Balaban J connectivity index is 2.15. The maximum Gasteiger partial charge on any atom is 0.255 e. The van der Waals surface area contributed by atoms with Crippen LogP contribution in [0.4, 0.5) is 5.69 Å². The van der Waals surface area contributed by atoms with Crippen molar-refractivity contribution in [3.63, 3.8) is 0 Å². The number of benzene rings is 2. The van der Waals surface area contributed by atoms with E-state index < -0.39 is 0 Å². The summed E-state index contributed by atoms with van der Waals surface area (Å²) in [5, 5.41) is 2.86. The van der Waals surface area contributed by atoms with Gasteiger partial charge in [-0.25, -0.2) is 0 Å². The first-order valence-corrected chi connectivity index (χ1v) is 7.38. The van der Waals surface area contributed by atoms with Gasteiger partial charge in [-0.1, -0.05) is 0 Å². The maximum atomic E-state index is 12.1. The molecule has 2 rings (SSSR count). The highest BCUT2D eigenvalue weighted by atomic mass is 127. The number of carbonyl (C=O) groups excluding carboxylic acids is 1. The molecule has 0 fully saturated rings. The van der Waals surface area contributed by atoms with Gasteiger partial charge >= 0.3 is 0 Å². The first-order chi connectivity index (χ1) is 9.10. The lowest BCUT2D eigenvalue weighted by molar-refractivity contribution is 0.102. The molecule has 1 N–H and O–H groups in total. The van der Waals surface area contributed by atoms with E-state index in [1.165, 1.54) is 0 Å². The van der Waals surface area contributed by atoms with Crippen LogP contribution in [0.1, 0.15) is 10.4 Å². The molecule has 0 bridgehead atoms. The first-order valence-electron chi connectivity index (χ1n) is 5.50. The van der Waals surface area contributed by atoms with Gasteiger partial charge in [-0.15, -0.1) is 0 Å². The SMILES string of the molecule is COc1ccc(C(=O)Nc2ccc(I)cc2Br)cc1. The number of hydrogen-bond donors (Lipinski definition) is 1. The molecule has 98 valence electrons. The molecule has 0 saturated carbocycles. The second kappa shape index (κ2) is 6.38. The predicted octanol–water partition coefficient (Wildman–Crippen LogP) is 4.31. The molecule has 0 aliphatic heterocycles. The Morgan fingerprint density at radius 1 is 1.21 bits per heavy atom. The van der Waals surface area contributed by atoms with Gasteiger partial charge in [0.15, 0.2) is 0 Å². The van der Waals surface area contributed by atoms with Crippen molar-refractivity contribution < 1.29 is 9.53 Å². The fourth-order valence-corrected chi connectivity index (χ4v) is 2.92. The van der Waals surface area contributed by atoms with Gasteiger partial charge in [0, 0.05) is 13.6 Å². The van der Waals surface area contributed by atoms with Crippen LogP contribution in [-0.4, -0.2) is 13.0 Å². The average Bonchev–Trinajstić information content (AvgIpc) is 2.42. The standard InChI is InChI=1S/C14H11BrINO2/c1-19-11-5-2-9(3-6-11)14(18)17-13-7-4-10(16)8-12(13)15/h2-8H,1H3,(H,17,18). The molecule has 0 saturated heterocycles. The molecule has 0 radical (unpaired) electrons. The Labute approximate surface area is 133 Å². The van der Waals surface area contributed by atoms with Gasteiger partial charge in [-0.05, 0) is 81.0 Å². The van der Waals surface area contributed by atoms with Crippen molar-refractivity contribution in [1.82, 2.24) is 0 Å². The van der Waals surface area contributed by atoms with Crippen LogP contribution < -0.4 is 10.1 Å². The smallest absolute Gasteiger partial charge is 0.255 e. The van der Waals surface area contributed by atoms with Crippen molar-refractivity contribution in [1.29, 1.82) is 0 Å². The third-order valence-electron chi connectivity index (χ3n) is 2.53. The van der Waals surface area contributed by atoms with Crippen molar-refractivity contribution in [2.75, 3.05) is 12.4 Å². The number of ether oxygens (including phenoxy) is 1. The van der Waals surface area contributed by atoms with Gasteiger partial charge in [0.25, 0.3) is 5.91 Å². The second-order valence-electron chi connectivity index (χ2n) is 3.81. The fourth-order valence-electron chi connectivity index (χ4n) is 1.53. The van der Waals surface area contributed by atoms with Crippen LogP contribution in [0, 0.1) is 3.57 Å². The monoisotopic (exact) mass is 431 g/mol. The molecule has 0 aromatic heterocycles. The molecule has 3 nitrogen and oxygen atoms in total. The molecular weight excluding hydrogens is 421 g/mol. The van der Waals surface area contributed by atoms with Gasteiger partial charge in [-0.2, -0.15) is 0 Å². The number of halogens is 2. The molecule has 2 aromatic carbocycles. The van der Waals surface area contributed by atoms with Gasteiger partial charge in [0.2, 0.25) is 0 Å². The van der Waals surface area contributed by atoms with Crippen LogP contribution in [0.5, 0.6) is 5.75 Å². The molecule has 19 heavy (non-hydrogen) atoms. The summed E-state index contributed by atoms with van der Waals surface area (Å²) in [4.78, 5) is 12.1. The van der Waals surface area contributed by atoms with Crippen LogP contribution in [0.2, 0.25) is 0 Å². The molecule has 0 aliphatic rings. The topological polar surface area (TPSA) is 38.3 Å². The lowest BCUT2D eigenvalue weighted by Gasteiger charge is -2.08. The third-order valence-corrected chi connectivity index (χ3v) is 3.86. The van der Waals surface area contributed by atoms with E-state index in [0.717, 1.165) is 19.5 Å². The summed E-state index contributed by atoms with van der Waals surface area (Å²) in [6.07, 6.45) is 0. The molecule has 2 aromatic rings. The molecule has 0 unspecified atom stereocenters. The molecule has 0 spiro atoms. The third kappa shape index (κ3) is 3.70. The Morgan fingerprint density at radius 3 is 2.47 bits per heavy atom. The van der Waals surface area contributed by atoms with E-state index in [2.05, 4.69) is 43.8 Å². The van der Waals surface area contributed by atoms with Crippen LogP contribution in [0.3, 0.4) is 0 Å². The highest BCUT2D eigenvalue weighted by Crippen LogP contribution is 2.25. The van der Waals surface area contributed by atoms with Crippen LogP contribution in [0.25, 0.3) is 0 Å². The van der Waals surface area contributed by atoms with Gasteiger partial charge in [0.1, 0.15) is 5.75 Å². The van der Waals surface area contributed by atoms with Crippen molar-refractivity contribution >= 4 is 50.1 Å². The summed E-state index contributed by atoms with van der Waals surface area (Å²) in [6.45, 7) is 0. The Kier molecular flexibility index (Phi) is 4.81. The molecule has 1 amide bonds. The Morgan fingerprint density at radius 2 is 1.89 bits per heavy atom. The van der Waals surface area contributed by atoms with Gasteiger partial charge < -0.3 is 10.1 Å². The number of methoxy groups -OCH3 is 1. The van der Waals surface area contributed by atoms with Crippen LogP contribution in [-0.2, 0) is 0 Å². The van der Waals surface area contributed by atoms with Crippen molar-refractivity contribution in [2.24, 2.45) is 0 Å². The Hall–Kier alpha value is -1.08. The molecular formula is C14H11BrINO2. The number of carbonyl (C=O) groups is 1. The highest BCUT2D eigenvalue weighted by molar-refractivity contribution is 14.1. The minimum Gasteiger partial charge on any atom is -0.497 e. The predicted molar refractivity (Wildman–Crippen MR) is 87.8 cm³/mol. The van der Waals surface area contributed by atoms with Crippen molar-refractivity contribution in [2.45, 2.75) is 0 Å². The normalized spacial score (nSPS) is 10.1. The largest absolute Gasteiger partial charge is 0.497 e. The quantitative estimate of drug-likeness (QED) is 0.735. The fraction of sp³-hybridized carbons (Fsp3) is 0.0714. The lowest BCUT2D eigenvalue weighted by Crippen LogP contribution is -2.12. The van der Waals surface area contributed by atoms with Gasteiger partial charge in [-0.3, -0.25) is 4.79 Å². The number of hydrogen-bond acceptors (Lipinski definition) is 2. The van der Waals surface area contributed by atoms with Crippen LogP contribution >= 0.6 is 38.5 Å². The van der Waals surface area contributed by atoms with E-state index in [9.17, 15) is 4.79 Å². The van der Waals surface area contributed by atoms with Crippen LogP contribution in [0.15, 0.2) is 46.9 Å². The van der Waals surface area contributed by atoms with E-state index >= 15 is 0 Å². The average molecular weight is 432 g/mol. The van der Waals surface area contributed by atoms with E-state index in [1.807, 2.05) is 18.2 Å². The summed E-state index contributed by atoms with van der Waals surface area (Å²) < 4.78 is 7.03. The summed E-state index contributed by atoms with van der Waals surface area (Å²) in [7, 11) is 1.60. The van der Waals surface area contributed by atoms with Crippen molar-refractivity contribution in [3.8, 4) is 5.75 Å². The van der Waals surface area contributed by atoms with E-state index in [0.29, 0.717) is 5.56 Å². The summed E-state index contributed by atoms with van der Waals surface area (Å²) >= 11 is 5.65. The lowest BCUT2D eigenvalue weighted by atomic mass is 10.2. The summed E-state index contributed by atoms with van der Waals surface area (Å²) in [5.41, 5.74) is 1.34. The van der Waals surface area contributed by atoms with Gasteiger partial charge in [0.05, 0.1) is 12.8 Å². The summed E-state index contributed by atoms with van der Waals surface area (Å²) in [5.74, 6) is 0.580. The number of anilines is 1. The number of nitrogens with one attached hydrogen (secondary N) is 1. The number of amides is 1. The first kappa shape index (κ1) is 14.3. The molecule has 0 heterocycles. The zero-order valence-electron chi connectivity index (χ0n) is 10.1. The van der Waals surface area contributed by atoms with E-state index in [1.54, 1.807) is 31.4 Å². The van der Waals surface area contributed by atoms with Crippen molar-refractivity contribution in [3.05, 3.63) is 56.1 Å². The zero-order chi connectivity index (χ0) is 13.8. The minimum absolute atomic E-state index is 0.149.